The van der Waals surface area contributed by atoms with E-state index in [2.05, 4.69) is 24.1 Å². The van der Waals surface area contributed by atoms with Crippen LogP contribution in [-0.4, -0.2) is 44.8 Å². The lowest BCUT2D eigenvalue weighted by molar-refractivity contribution is 0.0503. The molecule has 1 aromatic rings. The molecule has 1 saturated heterocycles. The van der Waals surface area contributed by atoms with Crippen LogP contribution in [-0.2, 0) is 11.2 Å². The Bertz CT molecular complexity index is 258. The largest absolute Gasteiger partial charge is 0.379 e. The fraction of sp³-hybridized carbons (Fsp3) is 0.538. The second-order valence-electron chi connectivity index (χ2n) is 3.94. The molecule has 3 heteroatoms. The van der Waals surface area contributed by atoms with Crippen molar-refractivity contribution >= 4 is 0 Å². The number of likely N-dealkylation sites (N-methyl/N-ethyl adjacent to an activating group) is 1. The molecule has 1 fully saturated rings. The van der Waals surface area contributed by atoms with E-state index in [0.717, 1.165) is 39.3 Å². The molecule has 1 aliphatic rings. The van der Waals surface area contributed by atoms with E-state index in [9.17, 15) is 0 Å². The average molecular weight is 222 g/mol. The number of nitrogens with two attached hydrogens (primary N) is 1. The first-order valence-corrected chi connectivity index (χ1v) is 5.83. The van der Waals surface area contributed by atoms with Crippen LogP contribution in [0.3, 0.4) is 0 Å². The summed E-state index contributed by atoms with van der Waals surface area (Å²) in [4.78, 5) is 2.27. The summed E-state index contributed by atoms with van der Waals surface area (Å²) in [5.74, 6) is 0. The van der Waals surface area contributed by atoms with Crippen LogP contribution in [0.1, 0.15) is 5.56 Å². The summed E-state index contributed by atoms with van der Waals surface area (Å²) in [6.45, 7) is 4.76. The third-order valence-electron chi connectivity index (χ3n) is 2.51. The minimum absolute atomic E-state index is 0.740. The highest BCUT2D eigenvalue weighted by molar-refractivity contribution is 5.14. The first kappa shape index (κ1) is 13.2. The maximum Gasteiger partial charge on any atom is 0.0594 e. The lowest BCUT2D eigenvalue weighted by Gasteiger charge is -2.21. The fourth-order valence-electron chi connectivity index (χ4n) is 1.47. The highest BCUT2D eigenvalue weighted by atomic mass is 16.5. The van der Waals surface area contributed by atoms with Crippen LogP contribution in [0.4, 0.5) is 0 Å². The molecule has 90 valence electrons. The molecule has 0 spiro atoms. The van der Waals surface area contributed by atoms with Gasteiger partial charge in [0.05, 0.1) is 13.2 Å². The number of morpholine rings is 1. The van der Waals surface area contributed by atoms with Gasteiger partial charge in [0.2, 0.25) is 0 Å². The molecule has 2 rings (SSSR count). The molecule has 1 aromatic carbocycles. The van der Waals surface area contributed by atoms with Crippen molar-refractivity contribution in [2.45, 2.75) is 6.42 Å². The number of hydrogen-bond acceptors (Lipinski definition) is 3. The molecule has 0 unspecified atom stereocenters. The van der Waals surface area contributed by atoms with Gasteiger partial charge in [-0.1, -0.05) is 30.3 Å². The van der Waals surface area contributed by atoms with Gasteiger partial charge in [0.15, 0.2) is 0 Å². The zero-order chi connectivity index (χ0) is 11.6. The van der Waals surface area contributed by atoms with E-state index in [1.165, 1.54) is 5.56 Å². The van der Waals surface area contributed by atoms with Crippen LogP contribution in [0.15, 0.2) is 30.3 Å². The molecular weight excluding hydrogens is 200 g/mol. The van der Waals surface area contributed by atoms with Crippen LogP contribution < -0.4 is 5.73 Å². The molecule has 0 saturated carbocycles. The summed E-state index contributed by atoms with van der Waals surface area (Å²) in [6, 6.07) is 10.3. The molecule has 1 aliphatic heterocycles. The summed E-state index contributed by atoms with van der Waals surface area (Å²) in [6.07, 6.45) is 0.987. The molecule has 2 N–H and O–H groups in total. The first-order chi connectivity index (χ1) is 7.83. The van der Waals surface area contributed by atoms with Gasteiger partial charge in [-0.15, -0.1) is 0 Å². The molecule has 0 aromatic heterocycles. The third-order valence-corrected chi connectivity index (χ3v) is 2.51. The third kappa shape index (κ3) is 5.85. The van der Waals surface area contributed by atoms with Crippen molar-refractivity contribution in [3.63, 3.8) is 0 Å². The standard InChI is InChI=1S/C8H11N.C5H11NO/c9-7-6-8-4-2-1-3-5-8;1-6-2-4-7-5-3-6/h1-5H,6-7,9H2;2-5H2,1H3. The van der Waals surface area contributed by atoms with Gasteiger partial charge in [0, 0.05) is 13.1 Å². The Balaban J connectivity index is 0.000000165. The SMILES string of the molecule is CN1CCOCC1.NCCc1ccccc1. The van der Waals surface area contributed by atoms with E-state index in [-0.39, 0.29) is 0 Å². The van der Waals surface area contributed by atoms with Crippen molar-refractivity contribution < 1.29 is 4.74 Å². The van der Waals surface area contributed by atoms with E-state index in [1.54, 1.807) is 0 Å². The lowest BCUT2D eigenvalue weighted by Crippen LogP contribution is -2.32. The van der Waals surface area contributed by atoms with Gasteiger partial charge in [0.25, 0.3) is 0 Å². The molecule has 0 radical (unpaired) electrons. The van der Waals surface area contributed by atoms with Crippen LogP contribution >= 0.6 is 0 Å². The minimum atomic E-state index is 0.740. The van der Waals surface area contributed by atoms with Gasteiger partial charge in [-0.3, -0.25) is 0 Å². The molecule has 0 bridgehead atoms. The van der Waals surface area contributed by atoms with E-state index in [1.807, 2.05) is 18.2 Å². The summed E-state index contributed by atoms with van der Waals surface area (Å²) in [5, 5.41) is 0. The predicted molar refractivity (Wildman–Crippen MR) is 67.5 cm³/mol. The maximum absolute atomic E-state index is 5.36. The van der Waals surface area contributed by atoms with Crippen molar-refractivity contribution in [1.82, 2.24) is 4.90 Å². The molecule has 1 heterocycles. The Labute approximate surface area is 98.2 Å². The van der Waals surface area contributed by atoms with Crippen LogP contribution in [0.5, 0.6) is 0 Å². The normalized spacial score (nSPS) is 16.4. The lowest BCUT2D eigenvalue weighted by atomic mass is 10.2. The predicted octanol–water partition coefficient (Wildman–Crippen LogP) is 1.14. The van der Waals surface area contributed by atoms with E-state index in [0.29, 0.717) is 0 Å². The Kier molecular flexibility index (Phi) is 6.81. The van der Waals surface area contributed by atoms with Crippen molar-refractivity contribution in [3.8, 4) is 0 Å². The number of ether oxygens (including phenoxy) is 1. The van der Waals surface area contributed by atoms with Crippen molar-refractivity contribution in [2.75, 3.05) is 39.9 Å². The maximum atomic E-state index is 5.36. The second-order valence-corrected chi connectivity index (χ2v) is 3.94. The van der Waals surface area contributed by atoms with Gasteiger partial charge >= 0.3 is 0 Å². The number of benzene rings is 1. The molecule has 0 aliphatic carbocycles. The summed E-state index contributed by atoms with van der Waals surface area (Å²) >= 11 is 0. The highest BCUT2D eigenvalue weighted by Gasteiger charge is 2.02. The van der Waals surface area contributed by atoms with Gasteiger partial charge in [-0.2, -0.15) is 0 Å². The minimum Gasteiger partial charge on any atom is -0.379 e. The van der Waals surface area contributed by atoms with Gasteiger partial charge < -0.3 is 15.4 Å². The Morgan fingerprint density at radius 3 is 2.25 bits per heavy atom. The Morgan fingerprint density at radius 1 is 1.19 bits per heavy atom. The Hall–Kier alpha value is -0.900. The van der Waals surface area contributed by atoms with Crippen LogP contribution in [0.2, 0.25) is 0 Å². The van der Waals surface area contributed by atoms with E-state index >= 15 is 0 Å². The summed E-state index contributed by atoms with van der Waals surface area (Å²) in [5.41, 5.74) is 6.68. The summed E-state index contributed by atoms with van der Waals surface area (Å²) < 4.78 is 5.10. The quantitative estimate of drug-likeness (QED) is 0.815. The average Bonchev–Trinajstić information content (AvgIpc) is 2.33. The topological polar surface area (TPSA) is 38.5 Å². The Morgan fingerprint density at radius 2 is 1.81 bits per heavy atom. The van der Waals surface area contributed by atoms with Gasteiger partial charge in [-0.25, -0.2) is 0 Å². The van der Waals surface area contributed by atoms with Crippen LogP contribution in [0, 0.1) is 0 Å². The van der Waals surface area contributed by atoms with Crippen molar-refractivity contribution in [2.24, 2.45) is 5.73 Å². The van der Waals surface area contributed by atoms with Crippen molar-refractivity contribution in [3.05, 3.63) is 35.9 Å². The fourth-order valence-corrected chi connectivity index (χ4v) is 1.47. The van der Waals surface area contributed by atoms with Gasteiger partial charge in [0.1, 0.15) is 0 Å². The van der Waals surface area contributed by atoms with Gasteiger partial charge in [-0.05, 0) is 25.6 Å². The highest BCUT2D eigenvalue weighted by Crippen LogP contribution is 1.96. The first-order valence-electron chi connectivity index (χ1n) is 5.83. The molecule has 0 atom stereocenters. The monoisotopic (exact) mass is 222 g/mol. The summed E-state index contributed by atoms with van der Waals surface area (Å²) in [7, 11) is 2.11. The molecule has 16 heavy (non-hydrogen) atoms. The second kappa shape index (κ2) is 8.28. The van der Waals surface area contributed by atoms with E-state index in [4.69, 9.17) is 10.5 Å². The zero-order valence-corrected chi connectivity index (χ0v) is 10.1. The number of nitrogens with zero attached hydrogens (tertiary/aromatic N) is 1. The molecular formula is C13H22N2O. The molecule has 3 nitrogen and oxygen atoms in total. The zero-order valence-electron chi connectivity index (χ0n) is 10.1. The van der Waals surface area contributed by atoms with Crippen molar-refractivity contribution in [1.29, 1.82) is 0 Å². The van der Waals surface area contributed by atoms with E-state index < -0.39 is 0 Å². The smallest absolute Gasteiger partial charge is 0.0594 e. The molecule has 0 amide bonds. The number of rotatable bonds is 2. The van der Waals surface area contributed by atoms with Crippen LogP contribution in [0.25, 0.3) is 0 Å². The number of hydrogen-bond donors (Lipinski definition) is 1.